The fourth-order valence-corrected chi connectivity index (χ4v) is 2.84. The number of carbonyl (C=O) groups is 1. The molecule has 21 heavy (non-hydrogen) atoms. The average molecular weight is 303 g/mol. The highest BCUT2D eigenvalue weighted by molar-refractivity contribution is 7.12. The van der Waals surface area contributed by atoms with Crippen LogP contribution in [0.2, 0.25) is 0 Å². The highest BCUT2D eigenvalue weighted by atomic mass is 32.1. The van der Waals surface area contributed by atoms with Gasteiger partial charge in [-0.3, -0.25) is 4.79 Å². The lowest BCUT2D eigenvalue weighted by Crippen LogP contribution is -2.15. The molecule has 0 radical (unpaired) electrons. The van der Waals surface area contributed by atoms with Crippen molar-refractivity contribution in [2.45, 2.75) is 19.8 Å². The van der Waals surface area contributed by atoms with Crippen LogP contribution in [0.3, 0.4) is 0 Å². The van der Waals surface area contributed by atoms with Gasteiger partial charge in [-0.25, -0.2) is 0 Å². The monoisotopic (exact) mass is 303 g/mol. The zero-order valence-electron chi connectivity index (χ0n) is 11.7. The molecule has 0 aliphatic heterocycles. The van der Waals surface area contributed by atoms with Gasteiger partial charge in [0.1, 0.15) is 5.84 Å². The third-order valence-corrected chi connectivity index (χ3v) is 4.01. The van der Waals surface area contributed by atoms with Gasteiger partial charge in [-0.2, -0.15) is 0 Å². The van der Waals surface area contributed by atoms with Crippen LogP contribution in [0.4, 0.5) is 5.69 Å². The number of hydrogen-bond donors (Lipinski definition) is 3. The summed E-state index contributed by atoms with van der Waals surface area (Å²) >= 11 is 1.44. The van der Waals surface area contributed by atoms with Gasteiger partial charge < -0.3 is 16.3 Å². The van der Waals surface area contributed by atoms with Crippen molar-refractivity contribution >= 4 is 28.8 Å². The van der Waals surface area contributed by atoms with Gasteiger partial charge in [-0.15, -0.1) is 11.3 Å². The number of nitrogens with one attached hydrogen (secondary N) is 1. The molecule has 0 spiro atoms. The van der Waals surface area contributed by atoms with Crippen LogP contribution in [0.25, 0.3) is 0 Å². The molecule has 0 unspecified atom stereocenters. The minimum Gasteiger partial charge on any atom is -0.409 e. The highest BCUT2D eigenvalue weighted by Crippen LogP contribution is 2.19. The number of thiophene rings is 1. The Hall–Kier alpha value is -2.34. The number of oxime groups is 1. The molecule has 1 heterocycles. The smallest absolute Gasteiger partial charge is 0.266 e. The summed E-state index contributed by atoms with van der Waals surface area (Å²) in [7, 11) is 0. The van der Waals surface area contributed by atoms with E-state index in [1.165, 1.54) is 11.3 Å². The summed E-state index contributed by atoms with van der Waals surface area (Å²) in [5.41, 5.74) is 8.14. The lowest BCUT2D eigenvalue weighted by Gasteiger charge is -2.06. The number of rotatable bonds is 5. The Balaban J connectivity index is 2.05. The standard InChI is InChI=1S/C15H17N3O2S/c1-2-11-7-8-21-14(11)15(19)17-12-5-3-10(4-6-12)9-13(16)18-20/h3-8,20H,2,9H2,1H3,(H2,16,18)(H,17,19). The van der Waals surface area contributed by atoms with Crippen molar-refractivity contribution in [2.75, 3.05) is 5.32 Å². The Labute approximate surface area is 127 Å². The number of amidine groups is 1. The van der Waals surface area contributed by atoms with Gasteiger partial charge in [0, 0.05) is 12.1 Å². The van der Waals surface area contributed by atoms with E-state index in [4.69, 9.17) is 10.9 Å². The van der Waals surface area contributed by atoms with E-state index < -0.39 is 0 Å². The Morgan fingerprint density at radius 3 is 2.67 bits per heavy atom. The van der Waals surface area contributed by atoms with Crippen LogP contribution in [-0.4, -0.2) is 17.0 Å². The number of amides is 1. The Morgan fingerprint density at radius 2 is 2.05 bits per heavy atom. The molecule has 4 N–H and O–H groups in total. The van der Waals surface area contributed by atoms with Crippen LogP contribution in [-0.2, 0) is 12.8 Å². The van der Waals surface area contributed by atoms with Gasteiger partial charge >= 0.3 is 0 Å². The van der Waals surface area contributed by atoms with E-state index in [-0.39, 0.29) is 11.7 Å². The lowest BCUT2D eigenvalue weighted by atomic mass is 10.1. The Bertz CT molecular complexity index is 647. The highest BCUT2D eigenvalue weighted by Gasteiger charge is 2.12. The van der Waals surface area contributed by atoms with Crippen molar-refractivity contribution < 1.29 is 10.0 Å². The van der Waals surface area contributed by atoms with E-state index in [0.29, 0.717) is 6.42 Å². The van der Waals surface area contributed by atoms with Crippen LogP contribution in [0.5, 0.6) is 0 Å². The van der Waals surface area contributed by atoms with E-state index in [2.05, 4.69) is 10.5 Å². The van der Waals surface area contributed by atoms with E-state index in [1.807, 2.05) is 30.5 Å². The van der Waals surface area contributed by atoms with E-state index in [0.717, 1.165) is 28.1 Å². The predicted molar refractivity (Wildman–Crippen MR) is 85.2 cm³/mol. The maximum atomic E-state index is 12.2. The van der Waals surface area contributed by atoms with Crippen molar-refractivity contribution in [3.63, 3.8) is 0 Å². The molecule has 1 aromatic heterocycles. The second-order valence-corrected chi connectivity index (χ2v) is 5.46. The van der Waals surface area contributed by atoms with Crippen LogP contribution in [0.15, 0.2) is 40.9 Å². The number of benzene rings is 1. The summed E-state index contributed by atoms with van der Waals surface area (Å²) in [5.74, 6) is 0.0593. The quantitative estimate of drug-likeness (QED) is 0.343. The summed E-state index contributed by atoms with van der Waals surface area (Å²) in [6, 6.07) is 9.25. The summed E-state index contributed by atoms with van der Waals surface area (Å²) in [4.78, 5) is 12.9. The van der Waals surface area contributed by atoms with Gasteiger partial charge in [0.15, 0.2) is 0 Å². The third kappa shape index (κ3) is 3.82. The Morgan fingerprint density at radius 1 is 1.33 bits per heavy atom. The van der Waals surface area contributed by atoms with Crippen molar-refractivity contribution in [3.05, 3.63) is 51.7 Å². The molecule has 1 amide bonds. The van der Waals surface area contributed by atoms with Gasteiger partial charge in [-0.1, -0.05) is 24.2 Å². The molecule has 0 fully saturated rings. The maximum Gasteiger partial charge on any atom is 0.266 e. The normalized spacial score (nSPS) is 11.4. The number of aryl methyl sites for hydroxylation is 1. The number of hydrogen-bond acceptors (Lipinski definition) is 4. The SMILES string of the molecule is CCc1ccsc1C(=O)Nc1ccc(C/C(N)=N/O)cc1. The van der Waals surface area contributed by atoms with Gasteiger partial charge in [0.2, 0.25) is 0 Å². The summed E-state index contributed by atoms with van der Waals surface area (Å²) in [6.45, 7) is 2.03. The average Bonchev–Trinajstić information content (AvgIpc) is 2.97. The molecule has 6 heteroatoms. The van der Waals surface area contributed by atoms with Gasteiger partial charge in [-0.05, 0) is 41.1 Å². The van der Waals surface area contributed by atoms with Crippen LogP contribution >= 0.6 is 11.3 Å². The van der Waals surface area contributed by atoms with Crippen molar-refractivity contribution in [3.8, 4) is 0 Å². The topological polar surface area (TPSA) is 87.7 Å². The van der Waals surface area contributed by atoms with Crippen molar-refractivity contribution in [1.29, 1.82) is 0 Å². The summed E-state index contributed by atoms with van der Waals surface area (Å²) < 4.78 is 0. The first-order chi connectivity index (χ1) is 10.1. The number of nitrogens with zero attached hydrogens (tertiary/aromatic N) is 1. The molecule has 2 aromatic rings. The first-order valence-electron chi connectivity index (χ1n) is 6.57. The number of carbonyl (C=O) groups excluding carboxylic acids is 1. The number of nitrogens with two attached hydrogens (primary N) is 1. The molecule has 0 aliphatic carbocycles. The Kier molecular flexibility index (Phi) is 4.94. The first kappa shape index (κ1) is 15.1. The molecule has 0 saturated heterocycles. The predicted octanol–water partition coefficient (Wildman–Crippen LogP) is 2.85. The molecular weight excluding hydrogens is 286 g/mol. The van der Waals surface area contributed by atoms with Gasteiger partial charge in [0.25, 0.3) is 5.91 Å². The van der Waals surface area contributed by atoms with Crippen molar-refractivity contribution in [2.24, 2.45) is 10.9 Å². The van der Waals surface area contributed by atoms with Crippen LogP contribution in [0, 0.1) is 0 Å². The zero-order chi connectivity index (χ0) is 15.2. The van der Waals surface area contributed by atoms with E-state index in [1.54, 1.807) is 12.1 Å². The fourth-order valence-electron chi connectivity index (χ4n) is 1.95. The first-order valence-corrected chi connectivity index (χ1v) is 7.45. The van der Waals surface area contributed by atoms with E-state index >= 15 is 0 Å². The largest absolute Gasteiger partial charge is 0.409 e. The molecule has 5 nitrogen and oxygen atoms in total. The third-order valence-electron chi connectivity index (χ3n) is 3.06. The van der Waals surface area contributed by atoms with Crippen LogP contribution < -0.4 is 11.1 Å². The summed E-state index contributed by atoms with van der Waals surface area (Å²) in [5, 5.41) is 16.3. The molecular formula is C15H17N3O2S. The van der Waals surface area contributed by atoms with Crippen molar-refractivity contribution in [1.82, 2.24) is 0 Å². The van der Waals surface area contributed by atoms with E-state index in [9.17, 15) is 4.79 Å². The summed E-state index contributed by atoms with van der Waals surface area (Å²) in [6.07, 6.45) is 1.21. The minimum absolute atomic E-state index is 0.0916. The second-order valence-electron chi connectivity index (χ2n) is 4.55. The molecule has 0 aliphatic rings. The maximum absolute atomic E-state index is 12.2. The molecule has 0 atom stereocenters. The molecule has 0 bridgehead atoms. The lowest BCUT2D eigenvalue weighted by molar-refractivity contribution is 0.103. The molecule has 0 saturated carbocycles. The molecule has 110 valence electrons. The zero-order valence-corrected chi connectivity index (χ0v) is 12.5. The number of anilines is 1. The van der Waals surface area contributed by atoms with Crippen LogP contribution in [0.1, 0.15) is 27.7 Å². The van der Waals surface area contributed by atoms with Gasteiger partial charge in [0.05, 0.1) is 4.88 Å². The molecule has 1 aromatic carbocycles. The molecule has 2 rings (SSSR count). The minimum atomic E-state index is -0.0916. The fraction of sp³-hybridized carbons (Fsp3) is 0.200. The second kappa shape index (κ2) is 6.90.